The maximum absolute atomic E-state index is 12.8. The lowest BCUT2D eigenvalue weighted by Crippen LogP contribution is -2.34. The van der Waals surface area contributed by atoms with Gasteiger partial charge in [0, 0.05) is 18.3 Å². The third-order valence-electron chi connectivity index (χ3n) is 4.81. The number of anilines is 1. The normalized spacial score (nSPS) is 18.5. The number of carbonyl (C=O) groups excluding carboxylic acids is 1. The Morgan fingerprint density at radius 2 is 1.88 bits per heavy atom. The molecule has 1 fully saturated rings. The van der Waals surface area contributed by atoms with Gasteiger partial charge in [-0.2, -0.15) is 0 Å². The second-order valence-electron chi connectivity index (χ2n) is 6.41. The zero-order valence-corrected chi connectivity index (χ0v) is 14.7. The van der Waals surface area contributed by atoms with Crippen LogP contribution >= 0.6 is 0 Å². The molecule has 1 saturated heterocycles. The first-order valence-electron chi connectivity index (χ1n) is 8.86. The van der Waals surface area contributed by atoms with Crippen LogP contribution in [0.3, 0.4) is 0 Å². The fraction of sp³-hybridized carbons (Fsp3) is 0.350. The largest absolute Gasteiger partial charge is 0.497 e. The summed E-state index contributed by atoms with van der Waals surface area (Å²) in [6.45, 7) is 1.82. The predicted octanol–water partition coefficient (Wildman–Crippen LogP) is 3.84. The summed E-state index contributed by atoms with van der Waals surface area (Å²) in [5, 5.41) is 2.98. The lowest BCUT2D eigenvalue weighted by molar-refractivity contribution is 0.171. The van der Waals surface area contributed by atoms with Crippen LogP contribution in [0.4, 0.5) is 10.5 Å². The van der Waals surface area contributed by atoms with Crippen molar-refractivity contribution in [3.63, 3.8) is 0 Å². The van der Waals surface area contributed by atoms with Gasteiger partial charge in [0.1, 0.15) is 19.0 Å². The average molecular weight is 354 g/mol. The van der Waals surface area contributed by atoms with Crippen LogP contribution in [0.2, 0.25) is 0 Å². The first kappa shape index (κ1) is 16.6. The summed E-state index contributed by atoms with van der Waals surface area (Å²) >= 11 is 0. The van der Waals surface area contributed by atoms with Gasteiger partial charge in [-0.15, -0.1) is 0 Å². The summed E-state index contributed by atoms with van der Waals surface area (Å²) < 4.78 is 16.3. The molecule has 2 aromatic rings. The molecule has 0 saturated carbocycles. The highest BCUT2D eigenvalue weighted by molar-refractivity contribution is 5.90. The maximum Gasteiger partial charge on any atom is 0.322 e. The van der Waals surface area contributed by atoms with Crippen molar-refractivity contribution >= 4 is 11.7 Å². The van der Waals surface area contributed by atoms with E-state index in [1.54, 1.807) is 7.11 Å². The second-order valence-corrected chi connectivity index (χ2v) is 6.41. The van der Waals surface area contributed by atoms with E-state index in [9.17, 15) is 4.79 Å². The number of rotatable bonds is 3. The molecule has 1 N–H and O–H groups in total. The molecule has 4 rings (SSSR count). The van der Waals surface area contributed by atoms with Crippen molar-refractivity contribution in [2.24, 2.45) is 0 Å². The van der Waals surface area contributed by atoms with Crippen LogP contribution < -0.4 is 19.5 Å². The van der Waals surface area contributed by atoms with Crippen LogP contribution in [0, 0.1) is 0 Å². The Kier molecular flexibility index (Phi) is 4.56. The van der Waals surface area contributed by atoms with E-state index in [1.807, 2.05) is 47.4 Å². The number of urea groups is 1. The molecule has 0 spiro atoms. The number of likely N-dealkylation sites (tertiary alicyclic amines) is 1. The van der Waals surface area contributed by atoms with E-state index >= 15 is 0 Å². The summed E-state index contributed by atoms with van der Waals surface area (Å²) in [6.07, 6.45) is 1.95. The number of hydrogen-bond acceptors (Lipinski definition) is 4. The number of methoxy groups -OCH3 is 1. The smallest absolute Gasteiger partial charge is 0.322 e. The van der Waals surface area contributed by atoms with Gasteiger partial charge in [-0.1, -0.05) is 12.1 Å². The topological polar surface area (TPSA) is 60.0 Å². The van der Waals surface area contributed by atoms with E-state index in [1.165, 1.54) is 0 Å². The molecule has 6 heteroatoms. The first-order chi connectivity index (χ1) is 12.7. The molecule has 0 radical (unpaired) electrons. The molecule has 2 aliphatic heterocycles. The molecule has 2 heterocycles. The van der Waals surface area contributed by atoms with E-state index in [4.69, 9.17) is 14.2 Å². The molecule has 2 aliphatic rings. The molecule has 0 unspecified atom stereocenters. The van der Waals surface area contributed by atoms with Crippen LogP contribution in [-0.2, 0) is 0 Å². The third kappa shape index (κ3) is 3.27. The standard InChI is InChI=1S/C20H22N2O4/c1-24-16-7-4-14(5-8-16)17-3-2-10-22(17)20(23)21-15-6-9-18-19(13-15)26-12-11-25-18/h4-9,13,17H,2-3,10-12H2,1H3,(H,21,23)/t17-/m1/s1. The predicted molar refractivity (Wildman–Crippen MR) is 98.1 cm³/mol. The van der Waals surface area contributed by atoms with Crippen molar-refractivity contribution in [2.45, 2.75) is 18.9 Å². The Labute approximate surface area is 152 Å². The lowest BCUT2D eigenvalue weighted by atomic mass is 10.0. The quantitative estimate of drug-likeness (QED) is 0.910. The summed E-state index contributed by atoms with van der Waals surface area (Å²) in [7, 11) is 1.65. The Bertz CT molecular complexity index is 791. The monoisotopic (exact) mass is 354 g/mol. The molecule has 2 amide bonds. The van der Waals surface area contributed by atoms with E-state index in [0.29, 0.717) is 30.4 Å². The van der Waals surface area contributed by atoms with Crippen molar-refractivity contribution in [3.8, 4) is 17.2 Å². The van der Waals surface area contributed by atoms with Crippen molar-refractivity contribution in [3.05, 3.63) is 48.0 Å². The van der Waals surface area contributed by atoms with Gasteiger partial charge in [-0.25, -0.2) is 4.79 Å². The van der Waals surface area contributed by atoms with Gasteiger partial charge < -0.3 is 24.4 Å². The second kappa shape index (κ2) is 7.15. The molecular formula is C20H22N2O4. The van der Waals surface area contributed by atoms with Crippen molar-refractivity contribution < 1.29 is 19.0 Å². The third-order valence-corrected chi connectivity index (χ3v) is 4.81. The molecule has 136 valence electrons. The van der Waals surface area contributed by atoms with Crippen LogP contribution in [-0.4, -0.2) is 37.8 Å². The number of nitrogens with one attached hydrogen (secondary N) is 1. The van der Waals surface area contributed by atoms with Crippen LogP contribution in [0.15, 0.2) is 42.5 Å². The molecule has 2 aromatic carbocycles. The van der Waals surface area contributed by atoms with E-state index in [2.05, 4.69) is 5.32 Å². The van der Waals surface area contributed by atoms with Gasteiger partial charge in [0.25, 0.3) is 0 Å². The summed E-state index contributed by atoms with van der Waals surface area (Å²) in [5.74, 6) is 2.20. The maximum atomic E-state index is 12.8. The zero-order chi connectivity index (χ0) is 17.9. The number of hydrogen-bond donors (Lipinski definition) is 1. The molecule has 0 aromatic heterocycles. The zero-order valence-electron chi connectivity index (χ0n) is 14.7. The van der Waals surface area contributed by atoms with Gasteiger partial charge in [0.05, 0.1) is 13.2 Å². The van der Waals surface area contributed by atoms with Gasteiger partial charge >= 0.3 is 6.03 Å². The highest BCUT2D eigenvalue weighted by atomic mass is 16.6. The van der Waals surface area contributed by atoms with Gasteiger partial charge in [-0.3, -0.25) is 0 Å². The Hall–Kier alpha value is -2.89. The summed E-state index contributed by atoms with van der Waals surface area (Å²) in [6, 6.07) is 13.4. The number of fused-ring (bicyclic) bond motifs is 1. The van der Waals surface area contributed by atoms with E-state index in [-0.39, 0.29) is 12.1 Å². The van der Waals surface area contributed by atoms with Gasteiger partial charge in [0.15, 0.2) is 11.5 Å². The fourth-order valence-electron chi connectivity index (χ4n) is 3.50. The minimum Gasteiger partial charge on any atom is -0.497 e. The van der Waals surface area contributed by atoms with Crippen LogP contribution in [0.5, 0.6) is 17.2 Å². The van der Waals surface area contributed by atoms with E-state index in [0.717, 1.165) is 30.7 Å². The molecular weight excluding hydrogens is 332 g/mol. The summed E-state index contributed by atoms with van der Waals surface area (Å²) in [4.78, 5) is 14.7. The van der Waals surface area contributed by atoms with Crippen LogP contribution in [0.25, 0.3) is 0 Å². The van der Waals surface area contributed by atoms with E-state index < -0.39 is 0 Å². The molecule has 1 atom stereocenters. The summed E-state index contributed by atoms with van der Waals surface area (Å²) in [5.41, 5.74) is 1.83. The van der Waals surface area contributed by atoms with Crippen molar-refractivity contribution in [1.82, 2.24) is 4.90 Å². The Balaban J connectivity index is 1.48. The minimum absolute atomic E-state index is 0.0816. The van der Waals surface area contributed by atoms with Crippen LogP contribution in [0.1, 0.15) is 24.4 Å². The Morgan fingerprint density at radius 3 is 2.65 bits per heavy atom. The molecule has 0 aliphatic carbocycles. The number of ether oxygens (including phenoxy) is 3. The Morgan fingerprint density at radius 1 is 1.12 bits per heavy atom. The highest BCUT2D eigenvalue weighted by Gasteiger charge is 2.30. The molecule has 26 heavy (non-hydrogen) atoms. The van der Waals surface area contributed by atoms with Crippen molar-refractivity contribution in [1.29, 1.82) is 0 Å². The number of carbonyl (C=O) groups is 1. The van der Waals surface area contributed by atoms with Gasteiger partial charge in [-0.05, 0) is 42.7 Å². The minimum atomic E-state index is -0.0972. The van der Waals surface area contributed by atoms with Gasteiger partial charge in [0.2, 0.25) is 0 Å². The number of nitrogens with zero attached hydrogens (tertiary/aromatic N) is 1. The number of benzene rings is 2. The van der Waals surface area contributed by atoms with Crippen molar-refractivity contribution in [2.75, 3.05) is 32.2 Å². The highest BCUT2D eigenvalue weighted by Crippen LogP contribution is 2.35. The first-order valence-corrected chi connectivity index (χ1v) is 8.86. The fourth-order valence-corrected chi connectivity index (χ4v) is 3.50. The molecule has 6 nitrogen and oxygen atoms in total. The molecule has 0 bridgehead atoms. The lowest BCUT2D eigenvalue weighted by Gasteiger charge is -2.26. The average Bonchev–Trinajstić information content (AvgIpc) is 3.18. The number of amides is 2. The SMILES string of the molecule is COc1ccc([C@H]2CCCN2C(=O)Nc2ccc3c(c2)OCCO3)cc1.